The van der Waals surface area contributed by atoms with Gasteiger partial charge in [0.1, 0.15) is 5.75 Å². The summed E-state index contributed by atoms with van der Waals surface area (Å²) in [4.78, 5) is 0. The van der Waals surface area contributed by atoms with Crippen molar-refractivity contribution in [3.63, 3.8) is 0 Å². The second-order valence-corrected chi connectivity index (χ2v) is 6.53. The van der Waals surface area contributed by atoms with Gasteiger partial charge in [-0.1, -0.05) is 32.9 Å². The van der Waals surface area contributed by atoms with Crippen molar-refractivity contribution in [2.24, 2.45) is 11.3 Å². The summed E-state index contributed by atoms with van der Waals surface area (Å²) in [7, 11) is 0. The number of ether oxygens (including phenoxy) is 2. The fraction of sp³-hybridized carbons (Fsp3) is 0.647. The average molecular weight is 275 g/mol. The molecule has 20 heavy (non-hydrogen) atoms. The molecule has 1 N–H and O–H groups in total. The highest BCUT2D eigenvalue weighted by molar-refractivity contribution is 5.57. The number of para-hydroxylation sites is 2. The van der Waals surface area contributed by atoms with Gasteiger partial charge in [0.2, 0.25) is 0 Å². The van der Waals surface area contributed by atoms with Crippen LogP contribution in [-0.4, -0.2) is 25.4 Å². The Balaban J connectivity index is 1.74. The van der Waals surface area contributed by atoms with E-state index in [0.29, 0.717) is 18.1 Å². The molecule has 1 aliphatic carbocycles. The summed E-state index contributed by atoms with van der Waals surface area (Å²) in [6.45, 7) is 8.40. The van der Waals surface area contributed by atoms with Crippen molar-refractivity contribution in [3.05, 3.63) is 24.3 Å². The lowest BCUT2D eigenvalue weighted by molar-refractivity contribution is -0.0923. The Hall–Kier alpha value is -1.22. The van der Waals surface area contributed by atoms with Crippen molar-refractivity contribution in [2.45, 2.75) is 45.8 Å². The first kappa shape index (κ1) is 13.7. The van der Waals surface area contributed by atoms with Gasteiger partial charge in [0.05, 0.1) is 18.4 Å². The van der Waals surface area contributed by atoms with Gasteiger partial charge in [-0.25, -0.2) is 0 Å². The van der Waals surface area contributed by atoms with Crippen LogP contribution in [0.5, 0.6) is 5.75 Å². The minimum atomic E-state index is 0.193. The van der Waals surface area contributed by atoms with Crippen LogP contribution < -0.4 is 10.1 Å². The van der Waals surface area contributed by atoms with Gasteiger partial charge >= 0.3 is 0 Å². The lowest BCUT2D eigenvalue weighted by Crippen LogP contribution is -2.63. The highest BCUT2D eigenvalue weighted by Crippen LogP contribution is 2.53. The molecule has 0 bridgehead atoms. The summed E-state index contributed by atoms with van der Waals surface area (Å²) in [5.41, 5.74) is 1.31. The normalized spacial score (nSPS) is 30.4. The maximum atomic E-state index is 5.86. The van der Waals surface area contributed by atoms with Crippen molar-refractivity contribution in [1.29, 1.82) is 0 Å². The molecule has 1 heterocycles. The monoisotopic (exact) mass is 275 g/mol. The quantitative estimate of drug-likeness (QED) is 0.888. The first-order chi connectivity index (χ1) is 9.64. The van der Waals surface area contributed by atoms with E-state index in [2.05, 4.69) is 38.2 Å². The summed E-state index contributed by atoms with van der Waals surface area (Å²) in [5, 5.41) is 3.71. The fourth-order valence-corrected chi connectivity index (χ4v) is 3.71. The molecule has 0 amide bonds. The van der Waals surface area contributed by atoms with Crippen LogP contribution in [0.1, 0.15) is 33.6 Å². The minimum absolute atomic E-state index is 0.193. The van der Waals surface area contributed by atoms with Crippen molar-refractivity contribution in [3.8, 4) is 5.75 Å². The fourth-order valence-electron chi connectivity index (χ4n) is 3.71. The van der Waals surface area contributed by atoms with Gasteiger partial charge < -0.3 is 14.8 Å². The molecule has 2 fully saturated rings. The van der Waals surface area contributed by atoms with E-state index in [1.165, 1.54) is 6.42 Å². The standard InChI is InChI=1S/C17H25NO2/c1-4-10-19-14-8-6-5-7-13(14)18-15-12-9-11-20-16(12)17(15,2)3/h5-8,12,15-16,18H,4,9-11H2,1-3H3. The van der Waals surface area contributed by atoms with Gasteiger partial charge in [-0.2, -0.15) is 0 Å². The van der Waals surface area contributed by atoms with E-state index < -0.39 is 0 Å². The molecule has 1 saturated heterocycles. The number of nitrogens with one attached hydrogen (secondary N) is 1. The van der Waals surface area contributed by atoms with Crippen molar-refractivity contribution < 1.29 is 9.47 Å². The second-order valence-electron chi connectivity index (χ2n) is 6.53. The summed E-state index contributed by atoms with van der Waals surface area (Å²) in [6, 6.07) is 8.73. The average Bonchev–Trinajstić information content (AvgIpc) is 2.90. The highest BCUT2D eigenvalue weighted by atomic mass is 16.5. The van der Waals surface area contributed by atoms with Crippen LogP contribution in [-0.2, 0) is 4.74 Å². The number of hydrogen-bond donors (Lipinski definition) is 1. The zero-order chi connectivity index (χ0) is 14.2. The smallest absolute Gasteiger partial charge is 0.142 e. The maximum absolute atomic E-state index is 5.86. The Morgan fingerprint density at radius 3 is 2.95 bits per heavy atom. The van der Waals surface area contributed by atoms with E-state index in [1.807, 2.05) is 12.1 Å². The molecule has 3 rings (SSSR count). The lowest BCUT2D eigenvalue weighted by atomic mass is 9.57. The van der Waals surface area contributed by atoms with Gasteiger partial charge in [0.25, 0.3) is 0 Å². The number of benzene rings is 1. The first-order valence-corrected chi connectivity index (χ1v) is 7.74. The number of hydrogen-bond acceptors (Lipinski definition) is 3. The van der Waals surface area contributed by atoms with Crippen molar-refractivity contribution in [1.82, 2.24) is 0 Å². The molecule has 0 radical (unpaired) electrons. The highest BCUT2D eigenvalue weighted by Gasteiger charge is 2.59. The Bertz CT molecular complexity index is 472. The number of rotatable bonds is 5. The van der Waals surface area contributed by atoms with Crippen LogP contribution in [0.4, 0.5) is 5.69 Å². The van der Waals surface area contributed by atoms with Crippen LogP contribution in [0.25, 0.3) is 0 Å². The molecule has 3 nitrogen and oxygen atoms in total. The summed E-state index contributed by atoms with van der Waals surface area (Å²) in [6.07, 6.45) is 2.62. The van der Waals surface area contributed by atoms with E-state index in [1.54, 1.807) is 0 Å². The van der Waals surface area contributed by atoms with Crippen LogP contribution in [0.2, 0.25) is 0 Å². The molecule has 3 atom stereocenters. The van der Waals surface area contributed by atoms with Gasteiger partial charge in [0, 0.05) is 24.0 Å². The zero-order valence-electron chi connectivity index (χ0n) is 12.7. The molecular weight excluding hydrogens is 250 g/mol. The maximum Gasteiger partial charge on any atom is 0.142 e. The van der Waals surface area contributed by atoms with E-state index in [0.717, 1.165) is 31.1 Å². The summed E-state index contributed by atoms with van der Waals surface area (Å²) < 4.78 is 11.7. The Labute approximate surface area is 121 Å². The van der Waals surface area contributed by atoms with Crippen molar-refractivity contribution in [2.75, 3.05) is 18.5 Å². The summed E-state index contributed by atoms with van der Waals surface area (Å²) >= 11 is 0. The first-order valence-electron chi connectivity index (χ1n) is 7.74. The summed E-state index contributed by atoms with van der Waals surface area (Å²) in [5.74, 6) is 1.61. The topological polar surface area (TPSA) is 30.5 Å². The largest absolute Gasteiger partial charge is 0.491 e. The van der Waals surface area contributed by atoms with E-state index in [-0.39, 0.29) is 5.41 Å². The van der Waals surface area contributed by atoms with E-state index in [9.17, 15) is 0 Å². The Morgan fingerprint density at radius 1 is 1.35 bits per heavy atom. The molecule has 2 aliphatic rings. The molecule has 1 aromatic rings. The van der Waals surface area contributed by atoms with Crippen molar-refractivity contribution >= 4 is 5.69 Å². The number of fused-ring (bicyclic) bond motifs is 1. The number of anilines is 1. The molecule has 3 heteroatoms. The Morgan fingerprint density at radius 2 is 2.15 bits per heavy atom. The molecule has 0 aromatic heterocycles. The molecule has 110 valence electrons. The van der Waals surface area contributed by atoms with Gasteiger partial charge in [-0.15, -0.1) is 0 Å². The SMILES string of the molecule is CCCOc1ccccc1NC1C2CCOC2C1(C)C. The molecular formula is C17H25NO2. The molecule has 1 saturated carbocycles. The minimum Gasteiger partial charge on any atom is -0.491 e. The van der Waals surface area contributed by atoms with Gasteiger partial charge in [0.15, 0.2) is 0 Å². The predicted octanol–water partition coefficient (Wildman–Crippen LogP) is 3.70. The van der Waals surface area contributed by atoms with E-state index in [4.69, 9.17) is 9.47 Å². The molecule has 3 unspecified atom stereocenters. The van der Waals surface area contributed by atoms with Gasteiger partial charge in [-0.3, -0.25) is 0 Å². The van der Waals surface area contributed by atoms with E-state index >= 15 is 0 Å². The van der Waals surface area contributed by atoms with Crippen LogP contribution in [0.3, 0.4) is 0 Å². The zero-order valence-corrected chi connectivity index (χ0v) is 12.7. The third-order valence-corrected chi connectivity index (χ3v) is 4.76. The third kappa shape index (κ3) is 2.18. The molecule has 0 spiro atoms. The predicted molar refractivity (Wildman–Crippen MR) is 81.3 cm³/mol. The second kappa shape index (κ2) is 5.28. The molecule has 1 aliphatic heterocycles. The lowest BCUT2D eigenvalue weighted by Gasteiger charge is -2.55. The Kier molecular flexibility index (Phi) is 3.63. The third-order valence-electron chi connectivity index (χ3n) is 4.76. The van der Waals surface area contributed by atoms with Crippen LogP contribution in [0.15, 0.2) is 24.3 Å². The van der Waals surface area contributed by atoms with Crippen LogP contribution >= 0.6 is 0 Å². The van der Waals surface area contributed by atoms with Crippen LogP contribution in [0, 0.1) is 11.3 Å². The van der Waals surface area contributed by atoms with Gasteiger partial charge in [-0.05, 0) is 25.0 Å². The molecule has 1 aromatic carbocycles.